The van der Waals surface area contributed by atoms with Crippen LogP contribution >= 0.6 is 0 Å². The van der Waals surface area contributed by atoms with Crippen molar-refractivity contribution in [3.8, 4) is 0 Å². The topological polar surface area (TPSA) is 146 Å². The number of hydrogen-bond acceptors (Lipinski definition) is 6. The van der Waals surface area contributed by atoms with Crippen LogP contribution in [0.3, 0.4) is 0 Å². The molecule has 3 atom stereocenters. The Bertz CT molecular complexity index is 1330. The summed E-state index contributed by atoms with van der Waals surface area (Å²) in [5, 5.41) is 10.5. The zero-order valence-corrected chi connectivity index (χ0v) is 23.3. The first-order chi connectivity index (χ1) is 19.7. The molecular formula is C31H35N5O5. The molecule has 2 aromatic carbocycles. The Kier molecular flexibility index (Phi) is 11.3. The van der Waals surface area contributed by atoms with Gasteiger partial charge in [-0.2, -0.15) is 0 Å². The Hall–Kier alpha value is -4.86. The number of nitrogens with one attached hydrogen (secondary N) is 4. The monoisotopic (exact) mass is 557 g/mol. The summed E-state index contributed by atoms with van der Waals surface area (Å²) < 4.78 is 0. The minimum absolute atomic E-state index is 0.171. The lowest BCUT2D eigenvalue weighted by molar-refractivity contribution is -0.141. The summed E-state index contributed by atoms with van der Waals surface area (Å²) >= 11 is 0. The molecule has 0 aliphatic heterocycles. The van der Waals surface area contributed by atoms with Crippen LogP contribution in [0.2, 0.25) is 0 Å². The molecule has 0 aliphatic carbocycles. The second kappa shape index (κ2) is 15.1. The van der Waals surface area contributed by atoms with Crippen molar-refractivity contribution in [2.24, 2.45) is 5.92 Å². The standard InChI is InChI=1S/C31H35N5O5/c1-20(2)26(27(37)31(41)33-19-23-12-8-5-9-13-23)36-28(38)21(3)34-30(40)25(18-22-10-6-4-7-11-22)35-29(39)24-14-16-32-17-15-24/h4-17,20-21,25-26H,18-19H2,1-3H3,(H,33,41)(H,34,40)(H,35,39)(H,36,38)/t21-,25-,26-/m0/s1. The summed E-state index contributed by atoms with van der Waals surface area (Å²) in [6.07, 6.45) is 3.14. The highest BCUT2D eigenvalue weighted by molar-refractivity contribution is 6.38. The SMILES string of the molecule is CC(C)[C@H](NC(=O)[C@H](C)NC(=O)[C@H](Cc1ccccc1)NC(=O)c1ccncc1)C(=O)C(=O)NCc1ccccc1. The molecular weight excluding hydrogens is 522 g/mol. The lowest BCUT2D eigenvalue weighted by atomic mass is 9.98. The number of hydrogen-bond donors (Lipinski definition) is 4. The molecule has 0 saturated heterocycles. The van der Waals surface area contributed by atoms with E-state index >= 15 is 0 Å². The molecule has 3 rings (SSSR count). The smallest absolute Gasteiger partial charge is 0.289 e. The van der Waals surface area contributed by atoms with Crippen LogP contribution in [0.1, 0.15) is 42.3 Å². The third-order valence-electron chi connectivity index (χ3n) is 6.37. The van der Waals surface area contributed by atoms with Gasteiger partial charge in [0, 0.05) is 30.9 Å². The van der Waals surface area contributed by atoms with Gasteiger partial charge in [-0.1, -0.05) is 74.5 Å². The van der Waals surface area contributed by atoms with Crippen LogP contribution in [0.5, 0.6) is 0 Å². The van der Waals surface area contributed by atoms with Crippen molar-refractivity contribution >= 4 is 29.4 Å². The van der Waals surface area contributed by atoms with E-state index in [4.69, 9.17) is 0 Å². The molecule has 0 saturated carbocycles. The second-order valence-electron chi connectivity index (χ2n) is 9.94. The maximum absolute atomic E-state index is 13.3. The number of Topliss-reactive ketones (excluding diaryl/α,β-unsaturated/α-hetero) is 1. The molecule has 1 heterocycles. The van der Waals surface area contributed by atoms with Gasteiger partial charge in [-0.3, -0.25) is 29.0 Å². The Labute approximate surface area is 239 Å². The van der Waals surface area contributed by atoms with E-state index < -0.39 is 47.5 Å². The highest BCUT2D eigenvalue weighted by Crippen LogP contribution is 2.08. The average Bonchev–Trinajstić information content (AvgIpc) is 2.99. The molecule has 3 aromatic rings. The normalized spacial score (nSPS) is 12.9. The van der Waals surface area contributed by atoms with Gasteiger partial charge in [0.05, 0.1) is 6.04 Å². The summed E-state index contributed by atoms with van der Waals surface area (Å²) in [4.78, 5) is 68.4. The molecule has 0 spiro atoms. The quantitative estimate of drug-likeness (QED) is 0.236. The van der Waals surface area contributed by atoms with Crippen LogP contribution in [0.15, 0.2) is 85.2 Å². The second-order valence-corrected chi connectivity index (χ2v) is 9.94. The molecule has 214 valence electrons. The molecule has 0 fully saturated rings. The number of carbonyl (C=O) groups is 5. The first-order valence-electron chi connectivity index (χ1n) is 13.4. The van der Waals surface area contributed by atoms with Gasteiger partial charge in [0.15, 0.2) is 0 Å². The molecule has 1 aromatic heterocycles. The summed E-state index contributed by atoms with van der Waals surface area (Å²) in [7, 11) is 0. The summed E-state index contributed by atoms with van der Waals surface area (Å²) in [5.74, 6) is -3.66. The lowest BCUT2D eigenvalue weighted by Gasteiger charge is -2.25. The van der Waals surface area contributed by atoms with E-state index in [9.17, 15) is 24.0 Å². The van der Waals surface area contributed by atoms with E-state index in [1.165, 1.54) is 31.5 Å². The van der Waals surface area contributed by atoms with E-state index in [1.54, 1.807) is 13.8 Å². The van der Waals surface area contributed by atoms with Crippen molar-refractivity contribution in [1.29, 1.82) is 0 Å². The lowest BCUT2D eigenvalue weighted by Crippen LogP contribution is -2.57. The predicted molar refractivity (Wildman–Crippen MR) is 153 cm³/mol. The number of pyridine rings is 1. The Morgan fingerprint density at radius 2 is 1.29 bits per heavy atom. The predicted octanol–water partition coefficient (Wildman–Crippen LogP) is 1.95. The zero-order chi connectivity index (χ0) is 29.8. The van der Waals surface area contributed by atoms with Crippen LogP contribution in [0.25, 0.3) is 0 Å². The van der Waals surface area contributed by atoms with Crippen molar-refractivity contribution in [3.63, 3.8) is 0 Å². The highest BCUT2D eigenvalue weighted by atomic mass is 16.2. The molecule has 4 amide bonds. The van der Waals surface area contributed by atoms with Crippen LogP contribution < -0.4 is 21.3 Å². The zero-order valence-electron chi connectivity index (χ0n) is 23.3. The molecule has 0 radical (unpaired) electrons. The molecule has 4 N–H and O–H groups in total. The van der Waals surface area contributed by atoms with Gasteiger partial charge >= 0.3 is 0 Å². The van der Waals surface area contributed by atoms with Gasteiger partial charge in [-0.25, -0.2) is 0 Å². The first kappa shape index (κ1) is 30.7. The number of ketones is 1. The van der Waals surface area contributed by atoms with E-state index in [2.05, 4.69) is 26.3 Å². The van der Waals surface area contributed by atoms with Gasteiger partial charge in [0.1, 0.15) is 12.1 Å². The van der Waals surface area contributed by atoms with Gasteiger partial charge in [0.25, 0.3) is 11.8 Å². The van der Waals surface area contributed by atoms with Crippen LogP contribution in [-0.4, -0.2) is 52.5 Å². The molecule has 0 aliphatic rings. The Morgan fingerprint density at radius 3 is 1.88 bits per heavy atom. The maximum Gasteiger partial charge on any atom is 0.289 e. The van der Waals surface area contributed by atoms with Crippen molar-refractivity contribution in [1.82, 2.24) is 26.3 Å². The van der Waals surface area contributed by atoms with Gasteiger partial charge < -0.3 is 21.3 Å². The van der Waals surface area contributed by atoms with Crippen molar-refractivity contribution in [2.45, 2.75) is 51.9 Å². The van der Waals surface area contributed by atoms with Gasteiger partial charge in [0.2, 0.25) is 17.6 Å². The van der Waals surface area contributed by atoms with Crippen molar-refractivity contribution < 1.29 is 24.0 Å². The number of amides is 4. The van der Waals surface area contributed by atoms with Crippen molar-refractivity contribution in [2.75, 3.05) is 0 Å². The largest absolute Gasteiger partial charge is 0.345 e. The fourth-order valence-electron chi connectivity index (χ4n) is 4.00. The van der Waals surface area contributed by atoms with E-state index in [0.29, 0.717) is 5.56 Å². The van der Waals surface area contributed by atoms with Crippen LogP contribution in [0, 0.1) is 5.92 Å². The minimum atomic E-state index is -1.09. The molecule has 10 heteroatoms. The fourth-order valence-corrected chi connectivity index (χ4v) is 4.00. The number of aromatic nitrogens is 1. The Morgan fingerprint density at radius 1 is 0.707 bits per heavy atom. The third-order valence-corrected chi connectivity index (χ3v) is 6.37. The number of benzene rings is 2. The molecule has 0 bridgehead atoms. The molecule has 10 nitrogen and oxygen atoms in total. The summed E-state index contributed by atoms with van der Waals surface area (Å²) in [6, 6.07) is 18.2. The Balaban J connectivity index is 1.64. The number of rotatable bonds is 13. The minimum Gasteiger partial charge on any atom is -0.345 e. The maximum atomic E-state index is 13.3. The molecule has 0 unspecified atom stereocenters. The highest BCUT2D eigenvalue weighted by Gasteiger charge is 2.32. The fraction of sp³-hybridized carbons (Fsp3) is 0.290. The number of carbonyl (C=O) groups excluding carboxylic acids is 5. The van der Waals surface area contributed by atoms with E-state index in [1.807, 2.05) is 60.7 Å². The van der Waals surface area contributed by atoms with E-state index in [-0.39, 0.29) is 18.9 Å². The summed E-state index contributed by atoms with van der Waals surface area (Å²) in [5.41, 5.74) is 1.98. The van der Waals surface area contributed by atoms with Crippen LogP contribution in [-0.2, 0) is 32.1 Å². The average molecular weight is 558 g/mol. The number of nitrogens with zero attached hydrogens (tertiary/aromatic N) is 1. The van der Waals surface area contributed by atoms with Gasteiger partial charge in [-0.15, -0.1) is 0 Å². The summed E-state index contributed by atoms with van der Waals surface area (Å²) in [6.45, 7) is 5.06. The third kappa shape index (κ3) is 9.38. The first-order valence-corrected chi connectivity index (χ1v) is 13.4. The molecule has 41 heavy (non-hydrogen) atoms. The van der Waals surface area contributed by atoms with E-state index in [0.717, 1.165) is 11.1 Å². The van der Waals surface area contributed by atoms with Gasteiger partial charge in [-0.05, 0) is 36.1 Å². The van der Waals surface area contributed by atoms with Crippen LogP contribution in [0.4, 0.5) is 0 Å². The van der Waals surface area contributed by atoms with Crippen molar-refractivity contribution in [3.05, 3.63) is 102 Å².